The number of carbonyl (C=O) groups is 2. The van der Waals surface area contributed by atoms with Crippen molar-refractivity contribution in [1.29, 1.82) is 0 Å². The number of nitrogens with zero attached hydrogens (tertiary/aromatic N) is 2. The Morgan fingerprint density at radius 1 is 1.08 bits per heavy atom. The highest BCUT2D eigenvalue weighted by Gasteiger charge is 2.28. The van der Waals surface area contributed by atoms with E-state index in [4.69, 9.17) is 0 Å². The first-order valence-corrected chi connectivity index (χ1v) is 9.57. The number of carbonyl (C=O) groups excluding carboxylic acids is 2. The Morgan fingerprint density at radius 3 is 2.24 bits per heavy atom. The Hall–Kier alpha value is -1.97. The Labute approximate surface area is 148 Å². The molecule has 3 amide bonds. The Bertz CT molecular complexity index is 710. The normalized spacial score (nSPS) is 16.4. The summed E-state index contributed by atoms with van der Waals surface area (Å²) >= 11 is 0. The van der Waals surface area contributed by atoms with Gasteiger partial charge < -0.3 is 10.2 Å². The fraction of sp³-hybridized carbons (Fsp3) is 0.500. The molecule has 138 valence electrons. The lowest BCUT2D eigenvalue weighted by atomic mass is 10.2. The molecule has 0 unspecified atom stereocenters. The highest BCUT2D eigenvalue weighted by molar-refractivity contribution is 7.89. The van der Waals surface area contributed by atoms with Gasteiger partial charge in [-0.05, 0) is 19.1 Å². The SMILES string of the molecule is CNC(=O)NC(=O)CCN1CCN(S(=O)(=O)c2ccc(C)cc2)CC1. The van der Waals surface area contributed by atoms with Crippen LogP contribution in [0.15, 0.2) is 29.2 Å². The summed E-state index contributed by atoms with van der Waals surface area (Å²) < 4.78 is 26.7. The standard InChI is InChI=1S/C16H24N4O4S/c1-13-3-5-14(6-4-13)25(23,24)20-11-9-19(10-12-20)8-7-15(21)18-16(22)17-2/h3-6H,7-12H2,1-2H3,(H2,17,18,21,22). The summed E-state index contributed by atoms with van der Waals surface area (Å²) in [5.74, 6) is -0.353. The molecule has 1 heterocycles. The molecule has 1 aromatic rings. The van der Waals surface area contributed by atoms with Crippen molar-refractivity contribution >= 4 is 22.0 Å². The van der Waals surface area contributed by atoms with Crippen LogP contribution >= 0.6 is 0 Å². The highest BCUT2D eigenvalue weighted by Crippen LogP contribution is 2.18. The number of urea groups is 1. The van der Waals surface area contributed by atoms with Gasteiger partial charge in [0, 0.05) is 46.2 Å². The van der Waals surface area contributed by atoms with E-state index in [-0.39, 0.29) is 12.3 Å². The minimum absolute atomic E-state index is 0.193. The van der Waals surface area contributed by atoms with Crippen LogP contribution in [0.3, 0.4) is 0 Å². The van der Waals surface area contributed by atoms with Gasteiger partial charge in [-0.2, -0.15) is 4.31 Å². The number of benzene rings is 1. The summed E-state index contributed by atoms with van der Waals surface area (Å²) in [7, 11) is -2.04. The average Bonchev–Trinajstić information content (AvgIpc) is 2.60. The smallest absolute Gasteiger partial charge is 0.321 e. The first-order chi connectivity index (χ1) is 11.8. The zero-order valence-electron chi connectivity index (χ0n) is 14.5. The van der Waals surface area contributed by atoms with Crippen LogP contribution in [0, 0.1) is 6.92 Å². The summed E-state index contributed by atoms with van der Waals surface area (Å²) in [5.41, 5.74) is 1.01. The van der Waals surface area contributed by atoms with Crippen LogP contribution in [0.25, 0.3) is 0 Å². The number of hydrogen-bond donors (Lipinski definition) is 2. The molecule has 8 nitrogen and oxygen atoms in total. The summed E-state index contributed by atoms with van der Waals surface area (Å²) in [6, 6.07) is 6.29. The van der Waals surface area contributed by atoms with E-state index in [9.17, 15) is 18.0 Å². The van der Waals surface area contributed by atoms with Crippen LogP contribution in [-0.4, -0.2) is 69.3 Å². The maximum Gasteiger partial charge on any atom is 0.321 e. The van der Waals surface area contributed by atoms with Gasteiger partial charge >= 0.3 is 6.03 Å². The van der Waals surface area contributed by atoms with E-state index >= 15 is 0 Å². The van der Waals surface area contributed by atoms with Gasteiger partial charge in [0.2, 0.25) is 15.9 Å². The lowest BCUT2D eigenvalue weighted by molar-refractivity contribution is -0.120. The number of amides is 3. The molecular weight excluding hydrogens is 344 g/mol. The van der Waals surface area contributed by atoms with Crippen molar-refractivity contribution in [2.45, 2.75) is 18.2 Å². The van der Waals surface area contributed by atoms with E-state index in [1.807, 2.05) is 11.8 Å². The number of sulfonamides is 1. The lowest BCUT2D eigenvalue weighted by Gasteiger charge is -2.33. The summed E-state index contributed by atoms with van der Waals surface area (Å²) in [6.07, 6.45) is 0.193. The fourth-order valence-electron chi connectivity index (χ4n) is 2.56. The number of hydrogen-bond acceptors (Lipinski definition) is 5. The average molecular weight is 368 g/mol. The first-order valence-electron chi connectivity index (χ1n) is 8.13. The molecule has 0 spiro atoms. The van der Waals surface area contributed by atoms with Crippen molar-refractivity contribution in [3.63, 3.8) is 0 Å². The molecule has 9 heteroatoms. The maximum absolute atomic E-state index is 12.6. The van der Waals surface area contributed by atoms with Gasteiger partial charge in [-0.25, -0.2) is 13.2 Å². The number of rotatable bonds is 5. The van der Waals surface area contributed by atoms with Crippen molar-refractivity contribution in [3.8, 4) is 0 Å². The molecule has 2 rings (SSSR count). The summed E-state index contributed by atoms with van der Waals surface area (Å²) in [4.78, 5) is 25.0. The number of piperazine rings is 1. The van der Waals surface area contributed by atoms with E-state index < -0.39 is 16.1 Å². The van der Waals surface area contributed by atoms with Gasteiger partial charge in [-0.15, -0.1) is 0 Å². The number of imide groups is 1. The maximum atomic E-state index is 12.6. The topological polar surface area (TPSA) is 98.8 Å². The van der Waals surface area contributed by atoms with Gasteiger partial charge in [0.05, 0.1) is 4.90 Å². The van der Waals surface area contributed by atoms with Crippen LogP contribution in [-0.2, 0) is 14.8 Å². The molecule has 0 bridgehead atoms. The van der Waals surface area contributed by atoms with E-state index in [0.29, 0.717) is 37.6 Å². The quantitative estimate of drug-likeness (QED) is 0.771. The molecule has 0 saturated carbocycles. The largest absolute Gasteiger partial charge is 0.341 e. The van der Waals surface area contributed by atoms with Crippen LogP contribution < -0.4 is 10.6 Å². The van der Waals surface area contributed by atoms with Gasteiger partial charge in [0.25, 0.3) is 0 Å². The molecule has 0 aliphatic carbocycles. The highest BCUT2D eigenvalue weighted by atomic mass is 32.2. The minimum atomic E-state index is -3.48. The van der Waals surface area contributed by atoms with Crippen molar-refractivity contribution in [2.24, 2.45) is 0 Å². The lowest BCUT2D eigenvalue weighted by Crippen LogP contribution is -2.49. The molecular formula is C16H24N4O4S. The Morgan fingerprint density at radius 2 is 1.68 bits per heavy atom. The van der Waals surface area contributed by atoms with E-state index in [1.54, 1.807) is 24.3 Å². The van der Waals surface area contributed by atoms with Crippen LogP contribution in [0.5, 0.6) is 0 Å². The van der Waals surface area contributed by atoms with Crippen molar-refractivity contribution < 1.29 is 18.0 Å². The molecule has 1 fully saturated rings. The van der Waals surface area contributed by atoms with Crippen LogP contribution in [0.1, 0.15) is 12.0 Å². The van der Waals surface area contributed by atoms with Crippen LogP contribution in [0.4, 0.5) is 4.79 Å². The van der Waals surface area contributed by atoms with Crippen molar-refractivity contribution in [1.82, 2.24) is 19.8 Å². The van der Waals surface area contributed by atoms with Gasteiger partial charge in [0.15, 0.2) is 0 Å². The molecule has 25 heavy (non-hydrogen) atoms. The van der Waals surface area contributed by atoms with Gasteiger partial charge in [-0.1, -0.05) is 17.7 Å². The molecule has 0 aromatic heterocycles. The van der Waals surface area contributed by atoms with E-state index in [0.717, 1.165) is 5.56 Å². The fourth-order valence-corrected chi connectivity index (χ4v) is 3.99. The van der Waals surface area contributed by atoms with E-state index in [2.05, 4.69) is 10.6 Å². The minimum Gasteiger partial charge on any atom is -0.341 e. The molecule has 0 atom stereocenters. The summed E-state index contributed by atoms with van der Waals surface area (Å²) in [6.45, 7) is 4.27. The number of aryl methyl sites for hydroxylation is 1. The Balaban J connectivity index is 1.84. The zero-order chi connectivity index (χ0) is 18.4. The molecule has 1 aromatic carbocycles. The second-order valence-corrected chi connectivity index (χ2v) is 7.87. The van der Waals surface area contributed by atoms with Crippen LogP contribution in [0.2, 0.25) is 0 Å². The van der Waals surface area contributed by atoms with Crippen molar-refractivity contribution in [2.75, 3.05) is 39.8 Å². The molecule has 1 aliphatic heterocycles. The monoisotopic (exact) mass is 368 g/mol. The zero-order valence-corrected chi connectivity index (χ0v) is 15.3. The summed E-state index contributed by atoms with van der Waals surface area (Å²) in [5, 5.41) is 4.52. The molecule has 1 aliphatic rings. The third kappa shape index (κ3) is 5.25. The third-order valence-corrected chi connectivity index (χ3v) is 6.04. The molecule has 1 saturated heterocycles. The van der Waals surface area contributed by atoms with E-state index in [1.165, 1.54) is 11.4 Å². The van der Waals surface area contributed by atoms with Gasteiger partial charge in [0.1, 0.15) is 0 Å². The molecule has 0 radical (unpaired) electrons. The molecule has 2 N–H and O–H groups in total. The first kappa shape index (κ1) is 19.4. The van der Waals surface area contributed by atoms with Crippen molar-refractivity contribution in [3.05, 3.63) is 29.8 Å². The number of nitrogens with one attached hydrogen (secondary N) is 2. The second kappa shape index (κ2) is 8.41. The predicted molar refractivity (Wildman–Crippen MR) is 93.6 cm³/mol. The van der Waals surface area contributed by atoms with Gasteiger partial charge in [-0.3, -0.25) is 10.1 Å². The Kier molecular flexibility index (Phi) is 6.51. The predicted octanol–water partition coefficient (Wildman–Crippen LogP) is 0.147. The second-order valence-electron chi connectivity index (χ2n) is 5.94. The third-order valence-electron chi connectivity index (χ3n) is 4.13.